The van der Waals surface area contributed by atoms with Gasteiger partial charge in [-0.15, -0.1) is 6.58 Å². The average Bonchev–Trinajstić information content (AvgIpc) is 3.12. The Balaban J connectivity index is 2.15. The first-order chi connectivity index (χ1) is 12.4. The highest BCUT2D eigenvalue weighted by atomic mass is 19.1. The summed E-state index contributed by atoms with van der Waals surface area (Å²) in [5, 5.41) is 0. The third kappa shape index (κ3) is 2.08. The quantitative estimate of drug-likeness (QED) is 0.527. The smallest absolute Gasteiger partial charge is 0.283 e. The summed E-state index contributed by atoms with van der Waals surface area (Å²) in [6.45, 7) is 5.58. The van der Waals surface area contributed by atoms with E-state index >= 15 is 0 Å². The molecule has 8 heteroatoms. The van der Waals surface area contributed by atoms with E-state index in [0.29, 0.717) is 22.6 Å². The maximum atomic E-state index is 13.3. The average molecular weight is 353 g/mol. The van der Waals surface area contributed by atoms with Gasteiger partial charge in [-0.3, -0.25) is 22.9 Å². The number of hydrogen-bond donors (Lipinski definition) is 0. The van der Waals surface area contributed by atoms with Crippen LogP contribution >= 0.6 is 0 Å². The summed E-state index contributed by atoms with van der Waals surface area (Å²) in [4.78, 5) is 29.8. The molecule has 3 aromatic heterocycles. The van der Waals surface area contributed by atoms with Crippen LogP contribution in [-0.2, 0) is 13.6 Å². The van der Waals surface area contributed by atoms with Gasteiger partial charge in [-0.1, -0.05) is 6.08 Å². The molecule has 0 bridgehead atoms. The van der Waals surface area contributed by atoms with Crippen molar-refractivity contribution in [1.82, 2.24) is 23.1 Å². The summed E-state index contributed by atoms with van der Waals surface area (Å²) in [7, 11) is 1.57. The summed E-state index contributed by atoms with van der Waals surface area (Å²) in [6.07, 6.45) is 3.28. The molecule has 4 rings (SSSR count). The number of benzene rings is 1. The van der Waals surface area contributed by atoms with Gasteiger partial charge in [-0.25, -0.2) is 9.18 Å². The fourth-order valence-electron chi connectivity index (χ4n) is 3.21. The lowest BCUT2D eigenvalue weighted by molar-refractivity contribution is 0.627. The van der Waals surface area contributed by atoms with Crippen LogP contribution < -0.4 is 11.2 Å². The van der Waals surface area contributed by atoms with Gasteiger partial charge in [0.15, 0.2) is 11.2 Å². The van der Waals surface area contributed by atoms with Crippen molar-refractivity contribution in [3.63, 3.8) is 0 Å². The lowest BCUT2D eigenvalue weighted by atomic mass is 10.3. The van der Waals surface area contributed by atoms with Gasteiger partial charge < -0.3 is 0 Å². The van der Waals surface area contributed by atoms with Crippen molar-refractivity contribution in [2.24, 2.45) is 7.05 Å². The van der Waals surface area contributed by atoms with Gasteiger partial charge in [-0.2, -0.15) is 4.98 Å². The molecule has 26 heavy (non-hydrogen) atoms. The first-order valence-corrected chi connectivity index (χ1v) is 8.01. The third-order valence-corrected chi connectivity index (χ3v) is 4.42. The maximum Gasteiger partial charge on any atom is 0.332 e. The van der Waals surface area contributed by atoms with E-state index in [-0.39, 0.29) is 12.4 Å². The lowest BCUT2D eigenvalue weighted by Gasteiger charge is -2.06. The number of aromatic nitrogens is 5. The largest absolute Gasteiger partial charge is 0.332 e. The van der Waals surface area contributed by atoms with E-state index < -0.39 is 11.2 Å². The molecule has 0 N–H and O–H groups in total. The number of nitrogens with zero attached hydrogens (tertiary/aromatic N) is 5. The molecular weight excluding hydrogens is 337 g/mol. The highest BCUT2D eigenvalue weighted by molar-refractivity contribution is 5.76. The van der Waals surface area contributed by atoms with Crippen LogP contribution in [0.1, 0.15) is 5.69 Å². The molecule has 0 aliphatic rings. The minimum Gasteiger partial charge on any atom is -0.283 e. The van der Waals surface area contributed by atoms with Crippen LogP contribution in [0.3, 0.4) is 0 Å². The number of fused-ring (bicyclic) bond motifs is 3. The number of allylic oxidation sites excluding steroid dienone is 1. The fourth-order valence-corrected chi connectivity index (χ4v) is 3.21. The SMILES string of the molecule is C=CCn1c(=O)c2c(nc3n(-c4ccc(F)cc4)c(C)cn23)n(C)c1=O. The van der Waals surface area contributed by atoms with E-state index in [2.05, 4.69) is 11.6 Å². The Bertz CT molecular complexity index is 1290. The molecule has 1 aromatic carbocycles. The van der Waals surface area contributed by atoms with Crippen molar-refractivity contribution >= 4 is 16.9 Å². The lowest BCUT2D eigenvalue weighted by Crippen LogP contribution is -2.39. The second-order valence-corrected chi connectivity index (χ2v) is 6.08. The summed E-state index contributed by atoms with van der Waals surface area (Å²) in [5.74, 6) is 0.144. The highest BCUT2D eigenvalue weighted by Crippen LogP contribution is 2.21. The molecule has 0 unspecified atom stereocenters. The monoisotopic (exact) mass is 353 g/mol. The maximum absolute atomic E-state index is 13.3. The molecule has 0 saturated carbocycles. The summed E-state index contributed by atoms with van der Waals surface area (Å²) >= 11 is 0. The molecule has 0 saturated heterocycles. The van der Waals surface area contributed by atoms with Gasteiger partial charge in [0.2, 0.25) is 5.78 Å². The highest BCUT2D eigenvalue weighted by Gasteiger charge is 2.20. The first kappa shape index (κ1) is 16.1. The van der Waals surface area contributed by atoms with Gasteiger partial charge in [0.1, 0.15) is 5.82 Å². The molecule has 4 aromatic rings. The van der Waals surface area contributed by atoms with Crippen LogP contribution in [0.5, 0.6) is 0 Å². The normalized spacial score (nSPS) is 11.5. The van der Waals surface area contributed by atoms with Crippen LogP contribution in [0.15, 0.2) is 52.7 Å². The van der Waals surface area contributed by atoms with Crippen LogP contribution in [0.2, 0.25) is 0 Å². The molecule has 132 valence electrons. The standard InChI is InChI=1S/C18H16FN5O2/c1-4-9-22-16(25)14-15(21(3)18(22)26)20-17-23(14)10-11(2)24(17)13-7-5-12(19)6-8-13/h4-8,10H,1,9H2,2-3H3. The second-order valence-electron chi connectivity index (χ2n) is 6.08. The minimum atomic E-state index is -0.451. The van der Waals surface area contributed by atoms with Crippen LogP contribution in [0.4, 0.5) is 4.39 Å². The van der Waals surface area contributed by atoms with Crippen molar-refractivity contribution in [1.29, 1.82) is 0 Å². The van der Waals surface area contributed by atoms with Crippen molar-refractivity contribution in [3.05, 3.63) is 75.5 Å². The molecule has 0 radical (unpaired) electrons. The molecule has 0 atom stereocenters. The number of aryl methyl sites for hydroxylation is 2. The fraction of sp³-hybridized carbons (Fsp3) is 0.167. The Morgan fingerprint density at radius 3 is 2.58 bits per heavy atom. The Morgan fingerprint density at radius 2 is 1.92 bits per heavy atom. The topological polar surface area (TPSA) is 66.2 Å². The Morgan fingerprint density at radius 1 is 1.23 bits per heavy atom. The molecule has 0 fully saturated rings. The number of rotatable bonds is 3. The Hall–Kier alpha value is -3.42. The predicted molar refractivity (Wildman–Crippen MR) is 96.4 cm³/mol. The Labute approximate surface area is 146 Å². The van der Waals surface area contributed by atoms with Crippen molar-refractivity contribution in [2.45, 2.75) is 13.5 Å². The third-order valence-electron chi connectivity index (χ3n) is 4.42. The first-order valence-electron chi connectivity index (χ1n) is 8.01. The number of imidazole rings is 2. The minimum absolute atomic E-state index is 0.117. The van der Waals surface area contributed by atoms with Gasteiger partial charge >= 0.3 is 5.69 Å². The number of halogens is 1. The zero-order chi connectivity index (χ0) is 18.6. The summed E-state index contributed by atoms with van der Waals surface area (Å²) in [6, 6.07) is 5.99. The van der Waals surface area contributed by atoms with E-state index in [9.17, 15) is 14.0 Å². The van der Waals surface area contributed by atoms with Crippen LogP contribution in [0, 0.1) is 12.7 Å². The van der Waals surface area contributed by atoms with E-state index in [1.165, 1.54) is 22.8 Å². The van der Waals surface area contributed by atoms with E-state index in [1.807, 2.05) is 6.92 Å². The summed E-state index contributed by atoms with van der Waals surface area (Å²) < 4.78 is 19.2. The van der Waals surface area contributed by atoms with Crippen LogP contribution in [0.25, 0.3) is 22.6 Å². The zero-order valence-electron chi connectivity index (χ0n) is 14.3. The number of hydrogen-bond acceptors (Lipinski definition) is 3. The van der Waals surface area contributed by atoms with Crippen molar-refractivity contribution < 1.29 is 4.39 Å². The second kappa shape index (κ2) is 5.55. The van der Waals surface area contributed by atoms with E-state index in [4.69, 9.17) is 0 Å². The molecule has 0 aliphatic carbocycles. The van der Waals surface area contributed by atoms with Crippen molar-refractivity contribution in [2.75, 3.05) is 0 Å². The van der Waals surface area contributed by atoms with Gasteiger partial charge in [0.25, 0.3) is 5.56 Å². The predicted octanol–water partition coefficient (Wildman–Crippen LogP) is 1.77. The van der Waals surface area contributed by atoms with Gasteiger partial charge in [-0.05, 0) is 31.2 Å². The zero-order valence-corrected chi connectivity index (χ0v) is 14.3. The van der Waals surface area contributed by atoms with E-state index in [0.717, 1.165) is 10.3 Å². The molecule has 0 amide bonds. The molecule has 0 spiro atoms. The Kier molecular flexibility index (Phi) is 3.43. The molecule has 7 nitrogen and oxygen atoms in total. The summed E-state index contributed by atoms with van der Waals surface area (Å²) in [5.41, 5.74) is 1.27. The van der Waals surface area contributed by atoms with Gasteiger partial charge in [0.05, 0.1) is 0 Å². The van der Waals surface area contributed by atoms with Gasteiger partial charge in [0, 0.05) is 31.2 Å². The van der Waals surface area contributed by atoms with Crippen molar-refractivity contribution in [3.8, 4) is 5.69 Å². The van der Waals surface area contributed by atoms with Crippen LogP contribution in [-0.4, -0.2) is 23.1 Å². The molecule has 0 aliphatic heterocycles. The van der Waals surface area contributed by atoms with E-state index in [1.54, 1.807) is 34.3 Å². The molecular formula is C18H16FN5O2. The molecule has 3 heterocycles.